The van der Waals surface area contributed by atoms with E-state index in [1.165, 1.54) is 12.4 Å². The van der Waals surface area contributed by atoms with Crippen molar-refractivity contribution in [3.05, 3.63) is 52.0 Å². The summed E-state index contributed by atoms with van der Waals surface area (Å²) in [4.78, 5) is 15.4. The minimum Gasteiger partial charge on any atom is -0.345 e. The summed E-state index contributed by atoms with van der Waals surface area (Å²) in [6.45, 7) is 0.296. The van der Waals surface area contributed by atoms with Crippen molar-refractivity contribution < 1.29 is 4.79 Å². The van der Waals surface area contributed by atoms with Crippen LogP contribution in [0.1, 0.15) is 11.4 Å². The first-order valence-corrected chi connectivity index (χ1v) is 6.16. The number of carbonyl (C=O) groups is 1. The molecule has 0 fully saturated rings. The van der Waals surface area contributed by atoms with Crippen LogP contribution in [0.25, 0.3) is 6.08 Å². The number of rotatable bonds is 4. The molecule has 98 valence electrons. The van der Waals surface area contributed by atoms with Crippen molar-refractivity contribution in [3.63, 3.8) is 0 Å². The highest BCUT2D eigenvalue weighted by molar-refractivity contribution is 6.42. The first kappa shape index (κ1) is 13.6. The Labute approximate surface area is 119 Å². The van der Waals surface area contributed by atoms with Crippen molar-refractivity contribution in [3.8, 4) is 0 Å². The third-order valence-corrected chi connectivity index (χ3v) is 3.00. The zero-order valence-corrected chi connectivity index (χ0v) is 11.2. The van der Waals surface area contributed by atoms with Gasteiger partial charge in [-0.2, -0.15) is 5.10 Å². The lowest BCUT2D eigenvalue weighted by Gasteiger charge is -1.99. The Hall–Kier alpha value is -1.85. The summed E-state index contributed by atoms with van der Waals surface area (Å²) in [7, 11) is 0. The average Bonchev–Trinajstić information content (AvgIpc) is 2.91. The third kappa shape index (κ3) is 4.08. The van der Waals surface area contributed by atoms with Gasteiger partial charge in [-0.3, -0.25) is 9.89 Å². The van der Waals surface area contributed by atoms with Gasteiger partial charge in [0.25, 0.3) is 0 Å². The highest BCUT2D eigenvalue weighted by Crippen LogP contribution is 2.22. The minimum atomic E-state index is -0.234. The second-order valence-corrected chi connectivity index (χ2v) is 4.47. The summed E-state index contributed by atoms with van der Waals surface area (Å²) >= 11 is 11.7. The summed E-state index contributed by atoms with van der Waals surface area (Å²) in [5, 5.41) is 9.92. The van der Waals surface area contributed by atoms with Crippen LogP contribution in [0.3, 0.4) is 0 Å². The van der Waals surface area contributed by atoms with Gasteiger partial charge in [0.1, 0.15) is 12.2 Å². The van der Waals surface area contributed by atoms with Crippen molar-refractivity contribution in [1.29, 1.82) is 0 Å². The van der Waals surface area contributed by atoms with Crippen LogP contribution in [0.2, 0.25) is 10.0 Å². The molecule has 0 bridgehead atoms. The number of H-pyrrole nitrogens is 1. The molecule has 1 aromatic carbocycles. The number of hydrogen-bond donors (Lipinski definition) is 2. The van der Waals surface area contributed by atoms with Crippen molar-refractivity contribution in [1.82, 2.24) is 20.5 Å². The number of aromatic amines is 1. The van der Waals surface area contributed by atoms with Crippen molar-refractivity contribution in [2.24, 2.45) is 0 Å². The van der Waals surface area contributed by atoms with E-state index in [1.807, 2.05) is 0 Å². The van der Waals surface area contributed by atoms with E-state index in [0.29, 0.717) is 22.4 Å². The Morgan fingerprint density at radius 1 is 1.37 bits per heavy atom. The predicted molar refractivity (Wildman–Crippen MR) is 73.7 cm³/mol. The Kier molecular flexibility index (Phi) is 4.54. The topological polar surface area (TPSA) is 70.7 Å². The van der Waals surface area contributed by atoms with Gasteiger partial charge in [-0.15, -0.1) is 0 Å². The van der Waals surface area contributed by atoms with E-state index >= 15 is 0 Å². The molecule has 2 rings (SSSR count). The van der Waals surface area contributed by atoms with Gasteiger partial charge in [-0.25, -0.2) is 4.98 Å². The number of aromatic nitrogens is 3. The van der Waals surface area contributed by atoms with E-state index in [4.69, 9.17) is 23.2 Å². The molecule has 2 N–H and O–H groups in total. The van der Waals surface area contributed by atoms with Crippen LogP contribution < -0.4 is 5.32 Å². The molecule has 0 saturated carbocycles. The second-order valence-electron chi connectivity index (χ2n) is 3.66. The number of nitrogens with one attached hydrogen (secondary N) is 2. The maximum Gasteiger partial charge on any atom is 0.244 e. The van der Waals surface area contributed by atoms with Crippen LogP contribution in [0.4, 0.5) is 0 Å². The summed E-state index contributed by atoms with van der Waals surface area (Å²) in [5.41, 5.74) is 0.796. The third-order valence-electron chi connectivity index (χ3n) is 2.27. The molecule has 0 saturated heterocycles. The molecule has 1 amide bonds. The first-order chi connectivity index (χ1) is 9.15. The molecule has 5 nitrogen and oxygen atoms in total. The van der Waals surface area contributed by atoms with Gasteiger partial charge < -0.3 is 5.32 Å². The first-order valence-electron chi connectivity index (χ1n) is 5.40. The van der Waals surface area contributed by atoms with Crippen molar-refractivity contribution >= 4 is 35.2 Å². The standard InChI is InChI=1S/C12H10Cl2N4O/c13-9-3-1-8(5-10(9)14)2-4-12(19)15-6-11-16-7-17-18-11/h1-5,7H,6H2,(H,15,19)(H,16,17,18)/b4-2+. The maximum atomic E-state index is 11.5. The van der Waals surface area contributed by atoms with Crippen LogP contribution in [-0.2, 0) is 11.3 Å². The van der Waals surface area contributed by atoms with Crippen LogP contribution in [0, 0.1) is 0 Å². The molecule has 19 heavy (non-hydrogen) atoms. The quantitative estimate of drug-likeness (QED) is 0.851. The number of halogens is 2. The molecule has 0 atom stereocenters. The smallest absolute Gasteiger partial charge is 0.244 e. The van der Waals surface area contributed by atoms with E-state index in [-0.39, 0.29) is 5.91 Å². The average molecular weight is 297 g/mol. The normalized spacial score (nSPS) is 10.8. The maximum absolute atomic E-state index is 11.5. The van der Waals surface area contributed by atoms with Gasteiger partial charge in [-0.05, 0) is 23.8 Å². The number of hydrogen-bond acceptors (Lipinski definition) is 3. The molecule has 0 radical (unpaired) electrons. The number of benzene rings is 1. The Morgan fingerprint density at radius 2 is 2.21 bits per heavy atom. The van der Waals surface area contributed by atoms with Gasteiger partial charge in [0.15, 0.2) is 0 Å². The van der Waals surface area contributed by atoms with Crippen LogP contribution >= 0.6 is 23.2 Å². The van der Waals surface area contributed by atoms with E-state index in [9.17, 15) is 4.79 Å². The fourth-order valence-corrected chi connectivity index (χ4v) is 1.64. The molecule has 0 unspecified atom stereocenters. The van der Waals surface area contributed by atoms with Gasteiger partial charge in [0.2, 0.25) is 5.91 Å². The highest BCUT2D eigenvalue weighted by Gasteiger charge is 2.00. The summed E-state index contributed by atoms with van der Waals surface area (Å²) < 4.78 is 0. The predicted octanol–water partition coefficient (Wildman–Crippen LogP) is 2.44. The van der Waals surface area contributed by atoms with E-state index < -0.39 is 0 Å². The SMILES string of the molecule is O=C(/C=C/c1ccc(Cl)c(Cl)c1)NCc1ncn[nH]1. The molecule has 0 aliphatic rings. The molecule has 0 spiro atoms. The minimum absolute atomic E-state index is 0.234. The summed E-state index contributed by atoms with van der Waals surface area (Å²) in [6, 6.07) is 5.13. The zero-order valence-electron chi connectivity index (χ0n) is 9.73. The largest absolute Gasteiger partial charge is 0.345 e. The second kappa shape index (κ2) is 6.36. The van der Waals surface area contributed by atoms with Gasteiger partial charge in [-0.1, -0.05) is 29.3 Å². The Morgan fingerprint density at radius 3 is 2.89 bits per heavy atom. The molecule has 2 aromatic rings. The number of nitrogens with zero attached hydrogens (tertiary/aromatic N) is 2. The van der Waals surface area contributed by atoms with E-state index in [0.717, 1.165) is 5.56 Å². The van der Waals surface area contributed by atoms with E-state index in [1.54, 1.807) is 24.3 Å². The lowest BCUT2D eigenvalue weighted by atomic mass is 10.2. The zero-order chi connectivity index (χ0) is 13.7. The molecule has 1 aromatic heterocycles. The molecular formula is C12H10Cl2N4O. The van der Waals surface area contributed by atoms with Crippen molar-refractivity contribution in [2.45, 2.75) is 6.54 Å². The van der Waals surface area contributed by atoms with Crippen LogP contribution in [-0.4, -0.2) is 21.1 Å². The molecule has 0 aliphatic carbocycles. The van der Waals surface area contributed by atoms with Crippen LogP contribution in [0.15, 0.2) is 30.6 Å². The molecule has 7 heteroatoms. The Balaban J connectivity index is 1.90. The molecular weight excluding hydrogens is 287 g/mol. The number of amides is 1. The molecule has 1 heterocycles. The molecule has 0 aliphatic heterocycles. The lowest BCUT2D eigenvalue weighted by Crippen LogP contribution is -2.20. The summed E-state index contributed by atoms with van der Waals surface area (Å²) in [5.74, 6) is 0.360. The lowest BCUT2D eigenvalue weighted by molar-refractivity contribution is -0.116. The fourth-order valence-electron chi connectivity index (χ4n) is 1.33. The number of carbonyl (C=O) groups excluding carboxylic acids is 1. The fraction of sp³-hybridized carbons (Fsp3) is 0.0833. The van der Waals surface area contributed by atoms with Gasteiger partial charge >= 0.3 is 0 Å². The van der Waals surface area contributed by atoms with Crippen molar-refractivity contribution in [2.75, 3.05) is 0 Å². The van der Waals surface area contributed by atoms with Gasteiger partial charge in [0, 0.05) is 6.08 Å². The van der Waals surface area contributed by atoms with Crippen LogP contribution in [0.5, 0.6) is 0 Å². The van der Waals surface area contributed by atoms with Gasteiger partial charge in [0.05, 0.1) is 16.6 Å². The summed E-state index contributed by atoms with van der Waals surface area (Å²) in [6.07, 6.45) is 4.45. The van der Waals surface area contributed by atoms with E-state index in [2.05, 4.69) is 20.5 Å². The highest BCUT2D eigenvalue weighted by atomic mass is 35.5. The Bertz CT molecular complexity index is 596. The monoisotopic (exact) mass is 296 g/mol.